The van der Waals surface area contributed by atoms with Gasteiger partial charge in [-0.3, -0.25) is 14.5 Å². The van der Waals surface area contributed by atoms with Crippen molar-refractivity contribution in [2.24, 2.45) is 5.73 Å². The molecule has 0 radical (unpaired) electrons. The Balaban J connectivity index is 1.57. The first-order valence-corrected chi connectivity index (χ1v) is 10.0. The number of fused-ring (bicyclic) bond motifs is 1. The first-order chi connectivity index (χ1) is 15.5. The molecular weight excluding hydrogens is 408 g/mol. The van der Waals surface area contributed by atoms with E-state index in [4.69, 9.17) is 16.2 Å². The molecule has 4 rings (SSSR count). The number of carbonyl (C=O) groups excluding carboxylic acids is 3. The van der Waals surface area contributed by atoms with Crippen molar-refractivity contribution in [2.45, 2.75) is 19.1 Å². The zero-order valence-electron chi connectivity index (χ0n) is 17.2. The third kappa shape index (κ3) is 4.11. The van der Waals surface area contributed by atoms with Gasteiger partial charge >= 0.3 is 6.09 Å². The van der Waals surface area contributed by atoms with Gasteiger partial charge in [-0.2, -0.15) is 0 Å². The first-order valence-electron chi connectivity index (χ1n) is 10.0. The Morgan fingerprint density at radius 1 is 0.969 bits per heavy atom. The summed E-state index contributed by atoms with van der Waals surface area (Å²) in [5, 5.41) is 2.72. The van der Waals surface area contributed by atoms with Gasteiger partial charge in [0, 0.05) is 6.42 Å². The lowest BCUT2D eigenvalue weighted by atomic mass is 10.1. The molecule has 3 aromatic carbocycles. The summed E-state index contributed by atoms with van der Waals surface area (Å²) in [5.41, 5.74) is 14.1. The number of primary amides is 1. The van der Waals surface area contributed by atoms with Crippen LogP contribution >= 0.6 is 0 Å². The van der Waals surface area contributed by atoms with E-state index >= 15 is 0 Å². The van der Waals surface area contributed by atoms with Crippen molar-refractivity contribution in [2.75, 3.05) is 16.0 Å². The number of hydrogen-bond acceptors (Lipinski definition) is 5. The van der Waals surface area contributed by atoms with Crippen LogP contribution in [0.25, 0.3) is 0 Å². The highest BCUT2D eigenvalue weighted by molar-refractivity contribution is 6.08. The third-order valence-electron chi connectivity index (χ3n) is 5.31. The van der Waals surface area contributed by atoms with Crippen LogP contribution in [0.5, 0.6) is 0 Å². The summed E-state index contributed by atoms with van der Waals surface area (Å²) in [6, 6.07) is 20.3. The smallest absolute Gasteiger partial charge is 0.415 e. The average molecular weight is 430 g/mol. The van der Waals surface area contributed by atoms with Crippen LogP contribution in [0.4, 0.5) is 21.9 Å². The molecule has 8 heteroatoms. The van der Waals surface area contributed by atoms with E-state index in [0.29, 0.717) is 12.1 Å². The standard InChI is InChI=1S/C24H22N4O4/c25-21-17(22(26)29)10-6-11-18(21)27-23(30)20-13-16-9-4-5-12-19(16)28(20)24(31)32-14-15-7-2-1-3-8-15/h1-12,20H,13-14,25H2,(H2,26,29)(H,27,30)/t20-/m1/s1. The van der Waals surface area contributed by atoms with E-state index in [2.05, 4.69) is 5.32 Å². The van der Waals surface area contributed by atoms with Crippen LogP contribution in [0.3, 0.4) is 0 Å². The number of nitrogens with one attached hydrogen (secondary N) is 1. The molecule has 0 unspecified atom stereocenters. The van der Waals surface area contributed by atoms with Crippen LogP contribution in [-0.4, -0.2) is 23.9 Å². The molecule has 0 saturated heterocycles. The summed E-state index contributed by atoms with van der Waals surface area (Å²) < 4.78 is 5.49. The van der Waals surface area contributed by atoms with E-state index in [0.717, 1.165) is 11.1 Å². The summed E-state index contributed by atoms with van der Waals surface area (Å²) in [6.07, 6.45) is -0.310. The molecule has 1 heterocycles. The summed E-state index contributed by atoms with van der Waals surface area (Å²) in [4.78, 5) is 39.1. The largest absolute Gasteiger partial charge is 0.444 e. The molecule has 0 aliphatic carbocycles. The third-order valence-corrected chi connectivity index (χ3v) is 5.31. The van der Waals surface area contributed by atoms with E-state index < -0.39 is 23.9 Å². The van der Waals surface area contributed by atoms with Crippen molar-refractivity contribution in [3.8, 4) is 0 Å². The maximum atomic E-state index is 13.2. The molecule has 0 aromatic heterocycles. The van der Waals surface area contributed by atoms with Gasteiger partial charge in [-0.25, -0.2) is 4.79 Å². The van der Waals surface area contributed by atoms with Crippen LogP contribution in [0, 0.1) is 0 Å². The molecule has 1 aliphatic heterocycles. The highest BCUT2D eigenvalue weighted by Gasteiger charge is 2.39. The number of para-hydroxylation sites is 2. The minimum Gasteiger partial charge on any atom is -0.444 e. The van der Waals surface area contributed by atoms with Gasteiger partial charge in [0.1, 0.15) is 12.6 Å². The molecule has 3 aromatic rings. The summed E-state index contributed by atoms with van der Waals surface area (Å²) in [6.45, 7) is 0.0836. The number of amides is 3. The lowest BCUT2D eigenvalue weighted by Gasteiger charge is -2.24. The highest BCUT2D eigenvalue weighted by atomic mass is 16.6. The van der Waals surface area contributed by atoms with Crippen molar-refractivity contribution in [3.63, 3.8) is 0 Å². The number of hydrogen-bond donors (Lipinski definition) is 3. The molecule has 1 aliphatic rings. The van der Waals surface area contributed by atoms with Crippen LogP contribution in [-0.2, 0) is 22.6 Å². The Morgan fingerprint density at radius 3 is 2.44 bits per heavy atom. The lowest BCUT2D eigenvalue weighted by molar-refractivity contribution is -0.117. The SMILES string of the molecule is NC(=O)c1cccc(NC(=O)[C@H]2Cc3ccccc3N2C(=O)OCc2ccccc2)c1N. The second-order valence-corrected chi connectivity index (χ2v) is 7.38. The Labute approximate surface area is 184 Å². The van der Waals surface area contributed by atoms with Crippen molar-refractivity contribution < 1.29 is 19.1 Å². The molecule has 8 nitrogen and oxygen atoms in total. The van der Waals surface area contributed by atoms with Crippen LogP contribution < -0.4 is 21.7 Å². The quantitative estimate of drug-likeness (QED) is 0.536. The Hall–Kier alpha value is -4.33. The van der Waals surface area contributed by atoms with Gasteiger partial charge in [0.15, 0.2) is 0 Å². The number of anilines is 3. The summed E-state index contributed by atoms with van der Waals surface area (Å²) >= 11 is 0. The zero-order chi connectivity index (χ0) is 22.7. The van der Waals surface area contributed by atoms with E-state index in [1.807, 2.05) is 42.5 Å². The van der Waals surface area contributed by atoms with Gasteiger partial charge in [-0.15, -0.1) is 0 Å². The van der Waals surface area contributed by atoms with E-state index in [9.17, 15) is 14.4 Å². The highest BCUT2D eigenvalue weighted by Crippen LogP contribution is 2.34. The Kier molecular flexibility index (Phi) is 5.76. The number of nitrogens with two attached hydrogens (primary N) is 2. The van der Waals surface area contributed by atoms with Gasteiger partial charge in [-0.1, -0.05) is 54.6 Å². The van der Waals surface area contributed by atoms with Crippen LogP contribution in [0.15, 0.2) is 72.8 Å². The molecule has 5 N–H and O–H groups in total. The fourth-order valence-electron chi connectivity index (χ4n) is 3.72. The topological polar surface area (TPSA) is 128 Å². The molecule has 0 saturated carbocycles. The van der Waals surface area contributed by atoms with Crippen molar-refractivity contribution in [3.05, 3.63) is 89.5 Å². The van der Waals surface area contributed by atoms with E-state index in [1.54, 1.807) is 24.3 Å². The molecular formula is C24H22N4O4. The number of ether oxygens (including phenoxy) is 1. The Bertz CT molecular complexity index is 1180. The van der Waals surface area contributed by atoms with Crippen molar-refractivity contribution in [1.29, 1.82) is 0 Å². The number of nitrogen functional groups attached to an aromatic ring is 1. The monoisotopic (exact) mass is 430 g/mol. The summed E-state index contributed by atoms with van der Waals surface area (Å²) in [7, 11) is 0. The molecule has 32 heavy (non-hydrogen) atoms. The Morgan fingerprint density at radius 2 is 1.69 bits per heavy atom. The second kappa shape index (κ2) is 8.81. The maximum absolute atomic E-state index is 13.2. The van der Waals surface area contributed by atoms with Gasteiger partial charge in [-0.05, 0) is 29.3 Å². The number of rotatable bonds is 5. The molecule has 162 valence electrons. The molecule has 3 amide bonds. The fourth-order valence-corrected chi connectivity index (χ4v) is 3.72. The lowest BCUT2D eigenvalue weighted by Crippen LogP contribution is -2.45. The van der Waals surface area contributed by atoms with Crippen molar-refractivity contribution >= 4 is 35.0 Å². The fraction of sp³-hybridized carbons (Fsp3) is 0.125. The number of carbonyl (C=O) groups is 3. The van der Waals surface area contributed by atoms with Gasteiger partial charge in [0.25, 0.3) is 5.91 Å². The second-order valence-electron chi connectivity index (χ2n) is 7.38. The van der Waals surface area contributed by atoms with Gasteiger partial charge in [0.2, 0.25) is 5.91 Å². The molecule has 1 atom stereocenters. The van der Waals surface area contributed by atoms with E-state index in [1.165, 1.54) is 11.0 Å². The van der Waals surface area contributed by atoms with Crippen molar-refractivity contribution in [1.82, 2.24) is 0 Å². The predicted octanol–water partition coefficient (Wildman–Crippen LogP) is 3.07. The minimum absolute atomic E-state index is 0.0714. The normalized spacial score (nSPS) is 14.5. The molecule has 0 spiro atoms. The summed E-state index contributed by atoms with van der Waals surface area (Å²) in [5.74, 6) is -1.15. The molecule has 0 bridgehead atoms. The minimum atomic E-state index is -0.840. The number of benzene rings is 3. The van der Waals surface area contributed by atoms with Crippen LogP contribution in [0.2, 0.25) is 0 Å². The average Bonchev–Trinajstić information content (AvgIpc) is 3.19. The molecule has 0 fully saturated rings. The van der Waals surface area contributed by atoms with Crippen LogP contribution in [0.1, 0.15) is 21.5 Å². The first kappa shape index (κ1) is 20.9. The zero-order valence-corrected chi connectivity index (χ0v) is 17.2. The van der Waals surface area contributed by atoms with Gasteiger partial charge in [0.05, 0.1) is 22.6 Å². The number of nitrogens with zero attached hydrogens (tertiary/aromatic N) is 1. The predicted molar refractivity (Wildman–Crippen MR) is 121 cm³/mol. The van der Waals surface area contributed by atoms with E-state index in [-0.39, 0.29) is 23.5 Å². The van der Waals surface area contributed by atoms with Gasteiger partial charge < -0.3 is 21.5 Å². The maximum Gasteiger partial charge on any atom is 0.415 e.